The summed E-state index contributed by atoms with van der Waals surface area (Å²) >= 11 is 0. The fourth-order valence-electron chi connectivity index (χ4n) is 11.8. The number of allylic oxidation sites excluding steroid dienone is 1. The highest BCUT2D eigenvalue weighted by molar-refractivity contribution is 5.66. The molecule has 0 aliphatic heterocycles. The molecule has 0 bridgehead atoms. The minimum atomic E-state index is -0.221. The Kier molecular flexibility index (Phi) is 5.78. The monoisotopic (exact) mass is 484 g/mol. The average Bonchev–Trinajstić information content (AvgIpc) is 2.75. The third kappa shape index (κ3) is 3.21. The Morgan fingerprint density at radius 3 is 2.26 bits per heavy atom. The number of aliphatic hydroxyl groups is 1. The van der Waals surface area contributed by atoms with Gasteiger partial charge in [0.25, 0.3) is 0 Å². The van der Waals surface area contributed by atoms with Crippen molar-refractivity contribution in [3.05, 3.63) is 12.2 Å². The fraction of sp³-hybridized carbons (Fsp3) is 0.906. The first-order chi connectivity index (χ1) is 16.1. The van der Waals surface area contributed by atoms with Crippen LogP contribution in [0.4, 0.5) is 0 Å². The quantitative estimate of drug-likeness (QED) is 0.308. The number of fused-ring (bicyclic) bond motifs is 7. The molecule has 11 atom stereocenters. The molecule has 0 amide bonds. The SMILES string of the molecule is C=C1CC[C@@]2(C)[C@H]([C@@H]1C)[C@H]1CC[C@@H]3[C@@]4(C)CC[C@@H](OC(C)=O)C(C)(C)[C@@H]4CC[C@@]3(C)[C@]1(C)C[C@H]2O. The van der Waals surface area contributed by atoms with Crippen LogP contribution in [0.25, 0.3) is 0 Å². The molecule has 5 rings (SSSR count). The number of esters is 1. The number of rotatable bonds is 1. The van der Waals surface area contributed by atoms with Crippen LogP contribution in [0.15, 0.2) is 12.2 Å². The summed E-state index contributed by atoms with van der Waals surface area (Å²) < 4.78 is 5.89. The van der Waals surface area contributed by atoms with E-state index < -0.39 is 0 Å². The minimum absolute atomic E-state index is 0.00195. The highest BCUT2D eigenvalue weighted by Crippen LogP contribution is 2.77. The first-order valence-electron chi connectivity index (χ1n) is 14.7. The Morgan fingerprint density at radius 2 is 1.60 bits per heavy atom. The van der Waals surface area contributed by atoms with Crippen LogP contribution in [-0.2, 0) is 9.53 Å². The molecule has 0 heterocycles. The molecule has 0 radical (unpaired) electrons. The summed E-state index contributed by atoms with van der Waals surface area (Å²) in [6.07, 6.45) is 10.1. The lowest BCUT2D eigenvalue weighted by atomic mass is 9.31. The maximum absolute atomic E-state index is 11.9. The molecule has 1 N–H and O–H groups in total. The molecule has 35 heavy (non-hydrogen) atoms. The third-order valence-electron chi connectivity index (χ3n) is 13.9. The highest BCUT2D eigenvalue weighted by Gasteiger charge is 2.71. The molecule has 3 heteroatoms. The largest absolute Gasteiger partial charge is 0.462 e. The summed E-state index contributed by atoms with van der Waals surface area (Å²) in [5.41, 5.74) is 2.08. The number of ether oxygens (including phenoxy) is 1. The standard InChI is InChI=1S/C32H52O3/c1-19-12-15-30(7)25(34)18-32(9)22(27(30)20(19)2)10-11-24-29(6)16-14-26(35-21(3)33)28(4,5)23(29)13-17-31(24,32)8/h20,22-27,34H,1,10-18H2,2-9H3/t20-,22-,23+,24-,25-,26-,27-,29+,30-,31-,32-/m1/s1. The maximum atomic E-state index is 11.9. The summed E-state index contributed by atoms with van der Waals surface area (Å²) in [6.45, 7) is 23.4. The van der Waals surface area contributed by atoms with Crippen LogP contribution in [0.1, 0.15) is 113 Å². The van der Waals surface area contributed by atoms with E-state index in [0.717, 1.165) is 32.1 Å². The first kappa shape index (κ1) is 25.8. The normalized spacial score (nSPS) is 55.1. The summed E-state index contributed by atoms with van der Waals surface area (Å²) in [6, 6.07) is 0. The molecule has 5 fully saturated rings. The van der Waals surface area contributed by atoms with Gasteiger partial charge in [-0.05, 0) is 109 Å². The van der Waals surface area contributed by atoms with Crippen molar-refractivity contribution >= 4 is 5.97 Å². The van der Waals surface area contributed by atoms with E-state index in [9.17, 15) is 9.90 Å². The lowest BCUT2D eigenvalue weighted by molar-refractivity contribution is -0.270. The van der Waals surface area contributed by atoms with Crippen LogP contribution in [0.3, 0.4) is 0 Å². The van der Waals surface area contributed by atoms with E-state index in [0.29, 0.717) is 29.6 Å². The van der Waals surface area contributed by atoms with E-state index in [1.54, 1.807) is 6.92 Å². The van der Waals surface area contributed by atoms with Crippen molar-refractivity contribution in [1.82, 2.24) is 0 Å². The summed E-state index contributed by atoms with van der Waals surface area (Å²) in [5, 5.41) is 11.8. The topological polar surface area (TPSA) is 46.5 Å². The molecule has 5 aliphatic carbocycles. The molecule has 0 saturated heterocycles. The van der Waals surface area contributed by atoms with E-state index in [1.165, 1.54) is 31.3 Å². The van der Waals surface area contributed by atoms with Crippen molar-refractivity contribution in [2.45, 2.75) is 125 Å². The summed E-state index contributed by atoms with van der Waals surface area (Å²) in [4.78, 5) is 11.9. The smallest absolute Gasteiger partial charge is 0.302 e. The van der Waals surface area contributed by atoms with Crippen LogP contribution in [0, 0.1) is 56.7 Å². The van der Waals surface area contributed by atoms with E-state index in [-0.39, 0.29) is 45.3 Å². The molecular weight excluding hydrogens is 432 g/mol. The van der Waals surface area contributed by atoms with Gasteiger partial charge in [-0.1, -0.05) is 60.6 Å². The zero-order chi connectivity index (χ0) is 25.8. The van der Waals surface area contributed by atoms with Gasteiger partial charge in [0.05, 0.1) is 6.10 Å². The zero-order valence-corrected chi connectivity index (χ0v) is 23.9. The molecule has 0 spiro atoms. The molecule has 5 saturated carbocycles. The lowest BCUT2D eigenvalue weighted by Gasteiger charge is -2.74. The zero-order valence-electron chi connectivity index (χ0n) is 23.9. The van der Waals surface area contributed by atoms with Gasteiger partial charge >= 0.3 is 5.97 Å². The molecule has 3 nitrogen and oxygen atoms in total. The molecule has 0 aromatic rings. The van der Waals surface area contributed by atoms with Gasteiger partial charge < -0.3 is 9.84 Å². The van der Waals surface area contributed by atoms with Crippen LogP contribution in [0.2, 0.25) is 0 Å². The summed E-state index contributed by atoms with van der Waals surface area (Å²) in [7, 11) is 0. The number of aliphatic hydroxyl groups excluding tert-OH is 1. The van der Waals surface area contributed by atoms with Gasteiger partial charge in [-0.25, -0.2) is 0 Å². The van der Waals surface area contributed by atoms with Crippen LogP contribution in [-0.4, -0.2) is 23.3 Å². The second-order valence-electron chi connectivity index (χ2n) is 15.3. The maximum Gasteiger partial charge on any atom is 0.302 e. The van der Waals surface area contributed by atoms with Crippen molar-refractivity contribution in [2.24, 2.45) is 56.7 Å². The number of hydrogen-bond donors (Lipinski definition) is 1. The Morgan fingerprint density at radius 1 is 0.914 bits per heavy atom. The van der Waals surface area contributed by atoms with E-state index >= 15 is 0 Å². The average molecular weight is 485 g/mol. The Balaban J connectivity index is 1.53. The molecule has 0 aromatic carbocycles. The van der Waals surface area contributed by atoms with Crippen LogP contribution < -0.4 is 0 Å². The Bertz CT molecular complexity index is 906. The number of carbonyl (C=O) groups is 1. The Labute approximate surface area is 214 Å². The van der Waals surface area contributed by atoms with Crippen molar-refractivity contribution in [3.63, 3.8) is 0 Å². The van der Waals surface area contributed by atoms with E-state index in [1.807, 2.05) is 0 Å². The molecule has 198 valence electrons. The van der Waals surface area contributed by atoms with Crippen LogP contribution in [0.5, 0.6) is 0 Å². The summed E-state index contributed by atoms with van der Waals surface area (Å²) in [5.74, 6) is 2.79. The number of hydrogen-bond acceptors (Lipinski definition) is 3. The Hall–Kier alpha value is -0.830. The highest BCUT2D eigenvalue weighted by atomic mass is 16.5. The lowest BCUT2D eigenvalue weighted by Crippen LogP contribution is -2.69. The number of carbonyl (C=O) groups excluding carboxylic acids is 1. The van der Waals surface area contributed by atoms with Crippen molar-refractivity contribution < 1.29 is 14.6 Å². The van der Waals surface area contributed by atoms with Crippen molar-refractivity contribution in [1.29, 1.82) is 0 Å². The van der Waals surface area contributed by atoms with Gasteiger partial charge in [0.2, 0.25) is 0 Å². The minimum Gasteiger partial charge on any atom is -0.462 e. The van der Waals surface area contributed by atoms with Crippen LogP contribution >= 0.6 is 0 Å². The predicted molar refractivity (Wildman–Crippen MR) is 142 cm³/mol. The van der Waals surface area contributed by atoms with Gasteiger partial charge in [-0.2, -0.15) is 0 Å². The second-order valence-corrected chi connectivity index (χ2v) is 15.3. The van der Waals surface area contributed by atoms with E-state index in [4.69, 9.17) is 4.74 Å². The molecule has 0 aromatic heterocycles. The van der Waals surface area contributed by atoms with Gasteiger partial charge in [-0.15, -0.1) is 0 Å². The predicted octanol–water partition coefficient (Wildman–Crippen LogP) is 7.57. The van der Waals surface area contributed by atoms with E-state index in [2.05, 4.69) is 55.0 Å². The fourth-order valence-corrected chi connectivity index (χ4v) is 11.8. The van der Waals surface area contributed by atoms with Gasteiger partial charge in [0.1, 0.15) is 6.10 Å². The van der Waals surface area contributed by atoms with Gasteiger partial charge in [0.15, 0.2) is 0 Å². The second kappa shape index (κ2) is 7.84. The first-order valence-corrected chi connectivity index (χ1v) is 14.7. The molecule has 0 unspecified atom stereocenters. The van der Waals surface area contributed by atoms with Gasteiger partial charge in [-0.3, -0.25) is 4.79 Å². The van der Waals surface area contributed by atoms with Gasteiger partial charge in [0, 0.05) is 12.3 Å². The third-order valence-corrected chi connectivity index (χ3v) is 13.9. The molecule has 5 aliphatic rings. The van der Waals surface area contributed by atoms with Crippen molar-refractivity contribution in [3.8, 4) is 0 Å². The van der Waals surface area contributed by atoms with Crippen molar-refractivity contribution in [2.75, 3.05) is 0 Å². The molecular formula is C32H52O3.